The number of H-pyrrole nitrogens is 1. The van der Waals surface area contributed by atoms with E-state index in [1.54, 1.807) is 0 Å². The zero-order valence-electron chi connectivity index (χ0n) is 9.77. The predicted molar refractivity (Wildman–Crippen MR) is 77.0 cm³/mol. The highest BCUT2D eigenvalue weighted by molar-refractivity contribution is 5.99. The molecule has 0 aliphatic carbocycles. The number of benzene rings is 2. The fourth-order valence-electron chi connectivity index (χ4n) is 2.51. The Hall–Kier alpha value is -2.48. The molecule has 1 aliphatic heterocycles. The summed E-state index contributed by atoms with van der Waals surface area (Å²) in [5.41, 5.74) is 5.91. The van der Waals surface area contributed by atoms with Crippen molar-refractivity contribution in [2.45, 2.75) is 0 Å². The lowest BCUT2D eigenvalue weighted by Gasteiger charge is -2.10. The van der Waals surface area contributed by atoms with Crippen molar-refractivity contribution in [3.05, 3.63) is 59.8 Å². The van der Waals surface area contributed by atoms with E-state index in [9.17, 15) is 0 Å². The van der Waals surface area contributed by atoms with Crippen molar-refractivity contribution in [3.8, 4) is 0 Å². The molecule has 0 bridgehead atoms. The minimum atomic E-state index is 1.14. The molecule has 0 unspecified atom stereocenters. The van der Waals surface area contributed by atoms with Crippen molar-refractivity contribution in [3.63, 3.8) is 0 Å². The molecule has 86 valence electrons. The Kier molecular flexibility index (Phi) is 1.86. The van der Waals surface area contributed by atoms with Gasteiger partial charge in [0.1, 0.15) is 0 Å². The van der Waals surface area contributed by atoms with Crippen molar-refractivity contribution < 1.29 is 0 Å². The van der Waals surface area contributed by atoms with Crippen LogP contribution in [0.5, 0.6) is 0 Å². The second kappa shape index (κ2) is 3.50. The van der Waals surface area contributed by atoms with Gasteiger partial charge in [0.25, 0.3) is 0 Å². The van der Waals surface area contributed by atoms with Crippen molar-refractivity contribution in [2.75, 3.05) is 5.32 Å². The molecule has 0 radical (unpaired) electrons. The standard InChI is InChI=1S/C16H12N2/c1-2-4-14-11(3-1)5-7-13-15(18-14)8-6-12-9-10-17-16(12)13/h1-10,17-18H. The van der Waals surface area contributed by atoms with Crippen LogP contribution in [-0.4, -0.2) is 4.98 Å². The molecule has 1 aromatic heterocycles. The lowest BCUT2D eigenvalue weighted by atomic mass is 10.1. The van der Waals surface area contributed by atoms with Gasteiger partial charge in [-0.1, -0.05) is 36.4 Å². The molecule has 0 spiro atoms. The van der Waals surface area contributed by atoms with Gasteiger partial charge in [-0.25, -0.2) is 0 Å². The minimum absolute atomic E-state index is 1.14. The Labute approximate surface area is 105 Å². The summed E-state index contributed by atoms with van der Waals surface area (Å²) >= 11 is 0. The molecular weight excluding hydrogens is 220 g/mol. The first-order chi connectivity index (χ1) is 8.92. The highest BCUT2D eigenvalue weighted by Crippen LogP contribution is 2.33. The summed E-state index contributed by atoms with van der Waals surface area (Å²) in [6.07, 6.45) is 6.32. The fourth-order valence-corrected chi connectivity index (χ4v) is 2.51. The summed E-state index contributed by atoms with van der Waals surface area (Å²) in [7, 11) is 0. The normalized spacial score (nSPS) is 12.7. The second-order valence-corrected chi connectivity index (χ2v) is 4.51. The van der Waals surface area contributed by atoms with E-state index in [1.807, 2.05) is 6.20 Å². The first-order valence-electron chi connectivity index (χ1n) is 6.06. The van der Waals surface area contributed by atoms with E-state index in [1.165, 1.54) is 22.0 Å². The number of para-hydroxylation sites is 1. The summed E-state index contributed by atoms with van der Waals surface area (Å²) in [5, 5.41) is 4.74. The number of fused-ring (bicyclic) bond motifs is 4. The van der Waals surface area contributed by atoms with Crippen molar-refractivity contribution in [1.82, 2.24) is 4.98 Å². The molecule has 18 heavy (non-hydrogen) atoms. The quantitative estimate of drug-likeness (QED) is 0.462. The molecule has 2 heteroatoms. The molecule has 0 saturated carbocycles. The molecule has 4 rings (SSSR count). The van der Waals surface area contributed by atoms with Crippen LogP contribution in [0.3, 0.4) is 0 Å². The molecule has 0 fully saturated rings. The number of hydrogen-bond donors (Lipinski definition) is 2. The van der Waals surface area contributed by atoms with Gasteiger partial charge in [-0.3, -0.25) is 0 Å². The lowest BCUT2D eigenvalue weighted by Crippen LogP contribution is -1.93. The molecule has 2 heterocycles. The third-order valence-corrected chi connectivity index (χ3v) is 3.43. The molecule has 0 atom stereocenters. The van der Waals surface area contributed by atoms with Crippen LogP contribution in [0.15, 0.2) is 48.7 Å². The SMILES string of the molecule is C1=Cc2c(ccc3cc[nH]c23)Nc2ccccc21. The molecule has 2 aromatic carbocycles. The molecular formula is C16H12N2. The Balaban J connectivity index is 2.01. The third-order valence-electron chi connectivity index (χ3n) is 3.43. The zero-order chi connectivity index (χ0) is 11.9. The Bertz CT molecular complexity index is 766. The summed E-state index contributed by atoms with van der Waals surface area (Å²) in [6.45, 7) is 0. The van der Waals surface area contributed by atoms with Crippen LogP contribution in [0.1, 0.15) is 11.1 Å². The van der Waals surface area contributed by atoms with E-state index in [0.29, 0.717) is 0 Å². The number of aromatic amines is 1. The lowest BCUT2D eigenvalue weighted by molar-refractivity contribution is 1.46. The van der Waals surface area contributed by atoms with Crippen LogP contribution in [0.25, 0.3) is 23.1 Å². The fraction of sp³-hybridized carbons (Fsp3) is 0. The Morgan fingerprint density at radius 3 is 2.72 bits per heavy atom. The van der Waals surface area contributed by atoms with Gasteiger partial charge >= 0.3 is 0 Å². The summed E-state index contributed by atoms with van der Waals surface area (Å²) in [5.74, 6) is 0. The second-order valence-electron chi connectivity index (χ2n) is 4.51. The van der Waals surface area contributed by atoms with Crippen LogP contribution >= 0.6 is 0 Å². The monoisotopic (exact) mass is 232 g/mol. The van der Waals surface area contributed by atoms with Crippen LogP contribution < -0.4 is 5.32 Å². The number of hydrogen-bond acceptors (Lipinski definition) is 1. The molecule has 3 aromatic rings. The van der Waals surface area contributed by atoms with Crippen molar-refractivity contribution in [2.24, 2.45) is 0 Å². The smallest absolute Gasteiger partial charge is 0.0548 e. The summed E-state index contributed by atoms with van der Waals surface area (Å²) in [4.78, 5) is 3.31. The van der Waals surface area contributed by atoms with Gasteiger partial charge in [-0.2, -0.15) is 0 Å². The maximum atomic E-state index is 3.50. The van der Waals surface area contributed by atoms with E-state index in [0.717, 1.165) is 11.4 Å². The number of rotatable bonds is 0. The van der Waals surface area contributed by atoms with E-state index in [2.05, 4.69) is 64.9 Å². The van der Waals surface area contributed by atoms with Gasteiger partial charge in [0.2, 0.25) is 0 Å². The first-order valence-corrected chi connectivity index (χ1v) is 6.06. The molecule has 2 N–H and O–H groups in total. The average molecular weight is 232 g/mol. The Morgan fingerprint density at radius 1 is 0.778 bits per heavy atom. The van der Waals surface area contributed by atoms with Crippen molar-refractivity contribution >= 4 is 34.4 Å². The first kappa shape index (κ1) is 9.54. The number of anilines is 2. The van der Waals surface area contributed by atoms with Gasteiger partial charge in [0.05, 0.1) is 5.52 Å². The summed E-state index contributed by atoms with van der Waals surface area (Å²) in [6, 6.07) is 14.7. The van der Waals surface area contributed by atoms with E-state index in [4.69, 9.17) is 0 Å². The highest BCUT2D eigenvalue weighted by atomic mass is 14.9. The average Bonchev–Trinajstić information content (AvgIpc) is 2.79. The Morgan fingerprint density at radius 2 is 1.72 bits per heavy atom. The third kappa shape index (κ3) is 1.29. The maximum Gasteiger partial charge on any atom is 0.0548 e. The van der Waals surface area contributed by atoms with Gasteiger partial charge in [0, 0.05) is 28.5 Å². The molecule has 0 amide bonds. The number of aromatic nitrogens is 1. The van der Waals surface area contributed by atoms with Crippen LogP contribution in [0.2, 0.25) is 0 Å². The molecule has 0 saturated heterocycles. The topological polar surface area (TPSA) is 27.8 Å². The molecule has 2 nitrogen and oxygen atoms in total. The summed E-state index contributed by atoms with van der Waals surface area (Å²) < 4.78 is 0. The van der Waals surface area contributed by atoms with Crippen LogP contribution in [-0.2, 0) is 0 Å². The van der Waals surface area contributed by atoms with Crippen molar-refractivity contribution in [1.29, 1.82) is 0 Å². The van der Waals surface area contributed by atoms with Gasteiger partial charge in [-0.05, 0) is 23.8 Å². The number of nitrogens with one attached hydrogen (secondary N) is 2. The highest BCUT2D eigenvalue weighted by Gasteiger charge is 2.10. The maximum absolute atomic E-state index is 3.50. The van der Waals surface area contributed by atoms with Gasteiger partial charge in [0.15, 0.2) is 0 Å². The van der Waals surface area contributed by atoms with Gasteiger partial charge in [-0.15, -0.1) is 0 Å². The minimum Gasteiger partial charge on any atom is -0.361 e. The molecule has 1 aliphatic rings. The van der Waals surface area contributed by atoms with E-state index >= 15 is 0 Å². The van der Waals surface area contributed by atoms with E-state index < -0.39 is 0 Å². The largest absolute Gasteiger partial charge is 0.361 e. The van der Waals surface area contributed by atoms with Gasteiger partial charge < -0.3 is 10.3 Å². The van der Waals surface area contributed by atoms with Crippen LogP contribution in [0, 0.1) is 0 Å². The predicted octanol–water partition coefficient (Wildman–Crippen LogP) is 4.40. The zero-order valence-corrected chi connectivity index (χ0v) is 9.77. The van der Waals surface area contributed by atoms with Crippen LogP contribution in [0.4, 0.5) is 11.4 Å². The van der Waals surface area contributed by atoms with E-state index in [-0.39, 0.29) is 0 Å².